The van der Waals surface area contributed by atoms with Crippen LogP contribution in [0.5, 0.6) is 0 Å². The Labute approximate surface area is 173 Å². The Kier molecular flexibility index (Phi) is 6.13. The van der Waals surface area contributed by atoms with Crippen molar-refractivity contribution in [2.45, 2.75) is 83.3 Å². The first kappa shape index (κ1) is 21.5. The lowest BCUT2D eigenvalue weighted by Crippen LogP contribution is -2.62. The molecule has 6 nitrogen and oxygen atoms in total. The minimum absolute atomic E-state index is 0.00603. The molecule has 0 atom stereocenters. The van der Waals surface area contributed by atoms with Crippen LogP contribution in [0.1, 0.15) is 86.9 Å². The van der Waals surface area contributed by atoms with Gasteiger partial charge in [0, 0.05) is 30.1 Å². The Hall–Kier alpha value is -2.21. The monoisotopic (exact) mass is 399 g/mol. The molecule has 3 amide bonds. The number of hydrogen-bond acceptors (Lipinski definition) is 4. The molecule has 1 aromatic rings. The van der Waals surface area contributed by atoms with Gasteiger partial charge in [0.1, 0.15) is 0 Å². The van der Waals surface area contributed by atoms with E-state index in [0.717, 1.165) is 25.7 Å². The van der Waals surface area contributed by atoms with E-state index in [9.17, 15) is 14.4 Å². The van der Waals surface area contributed by atoms with Crippen molar-refractivity contribution in [2.24, 2.45) is 0 Å². The van der Waals surface area contributed by atoms with Crippen LogP contribution in [-0.4, -0.2) is 46.3 Å². The van der Waals surface area contributed by atoms with Crippen LogP contribution in [-0.2, 0) is 4.79 Å². The quantitative estimate of drug-likeness (QED) is 0.545. The van der Waals surface area contributed by atoms with E-state index < -0.39 is 0 Å². The summed E-state index contributed by atoms with van der Waals surface area (Å²) in [4.78, 5) is 38.4. The van der Waals surface area contributed by atoms with Crippen molar-refractivity contribution in [3.05, 3.63) is 35.4 Å². The van der Waals surface area contributed by atoms with Crippen molar-refractivity contribution in [2.75, 3.05) is 6.54 Å². The number of carbonyl (C=O) groups is 3. The number of fused-ring (bicyclic) bond motifs is 1. The molecule has 0 bridgehead atoms. The summed E-state index contributed by atoms with van der Waals surface area (Å²) in [5, 5.41) is 6.82. The molecule has 29 heavy (non-hydrogen) atoms. The number of imide groups is 1. The van der Waals surface area contributed by atoms with E-state index in [1.165, 1.54) is 4.90 Å². The van der Waals surface area contributed by atoms with E-state index in [4.69, 9.17) is 0 Å². The SMILES string of the molecule is CC1(C)CC(NC(=O)CCCCCN2C(=O)c3ccccc3C2=O)CC(C)(C)N1. The van der Waals surface area contributed by atoms with Crippen LogP contribution in [0.2, 0.25) is 0 Å². The van der Waals surface area contributed by atoms with Gasteiger partial charge in [-0.05, 0) is 65.5 Å². The molecular formula is C23H33N3O3. The first-order valence-electron chi connectivity index (χ1n) is 10.6. The summed E-state index contributed by atoms with van der Waals surface area (Å²) in [7, 11) is 0. The van der Waals surface area contributed by atoms with Crippen molar-refractivity contribution in [3.63, 3.8) is 0 Å². The van der Waals surface area contributed by atoms with Gasteiger partial charge >= 0.3 is 0 Å². The second kappa shape index (κ2) is 8.27. The molecule has 1 saturated heterocycles. The van der Waals surface area contributed by atoms with Gasteiger partial charge in [-0.2, -0.15) is 0 Å². The fraction of sp³-hybridized carbons (Fsp3) is 0.609. The zero-order valence-electron chi connectivity index (χ0n) is 18.0. The smallest absolute Gasteiger partial charge is 0.261 e. The molecule has 158 valence electrons. The van der Waals surface area contributed by atoms with Gasteiger partial charge in [-0.25, -0.2) is 0 Å². The number of nitrogens with one attached hydrogen (secondary N) is 2. The van der Waals surface area contributed by atoms with E-state index in [1.54, 1.807) is 24.3 Å². The second-order valence-electron chi connectivity index (χ2n) is 9.68. The average molecular weight is 400 g/mol. The maximum absolute atomic E-state index is 12.4. The lowest BCUT2D eigenvalue weighted by atomic mass is 9.79. The van der Waals surface area contributed by atoms with Crippen LogP contribution < -0.4 is 10.6 Å². The molecule has 0 unspecified atom stereocenters. The van der Waals surface area contributed by atoms with Crippen molar-refractivity contribution in [1.29, 1.82) is 0 Å². The number of unbranched alkanes of at least 4 members (excludes halogenated alkanes) is 2. The maximum atomic E-state index is 12.4. The molecule has 0 aliphatic carbocycles. The third kappa shape index (κ3) is 5.24. The van der Waals surface area contributed by atoms with Crippen molar-refractivity contribution < 1.29 is 14.4 Å². The Morgan fingerprint density at radius 1 is 1.00 bits per heavy atom. The van der Waals surface area contributed by atoms with Gasteiger partial charge in [-0.3, -0.25) is 19.3 Å². The summed E-state index contributed by atoms with van der Waals surface area (Å²) in [5.74, 6) is -0.330. The fourth-order valence-corrected chi connectivity index (χ4v) is 4.90. The summed E-state index contributed by atoms with van der Waals surface area (Å²) in [6, 6.07) is 7.13. The number of nitrogens with zero attached hydrogens (tertiary/aromatic N) is 1. The predicted molar refractivity (Wildman–Crippen MR) is 113 cm³/mol. The van der Waals surface area contributed by atoms with Gasteiger partial charge in [0.05, 0.1) is 11.1 Å². The largest absolute Gasteiger partial charge is 0.353 e. The molecule has 2 aliphatic rings. The minimum Gasteiger partial charge on any atom is -0.353 e. The maximum Gasteiger partial charge on any atom is 0.261 e. The van der Waals surface area contributed by atoms with Crippen LogP contribution in [0.4, 0.5) is 0 Å². The minimum atomic E-state index is -0.209. The number of carbonyl (C=O) groups excluding carboxylic acids is 3. The lowest BCUT2D eigenvalue weighted by molar-refractivity contribution is -0.122. The Bertz CT molecular complexity index is 749. The highest BCUT2D eigenvalue weighted by Gasteiger charge is 2.38. The van der Waals surface area contributed by atoms with Crippen LogP contribution in [0.15, 0.2) is 24.3 Å². The zero-order valence-corrected chi connectivity index (χ0v) is 18.0. The summed E-state index contributed by atoms with van der Waals surface area (Å²) in [6.07, 6.45) is 4.60. The number of hydrogen-bond donors (Lipinski definition) is 2. The van der Waals surface area contributed by atoms with Gasteiger partial charge in [0.25, 0.3) is 11.8 Å². The second-order valence-corrected chi connectivity index (χ2v) is 9.68. The number of benzene rings is 1. The van der Waals surface area contributed by atoms with Crippen molar-refractivity contribution in [1.82, 2.24) is 15.5 Å². The van der Waals surface area contributed by atoms with Gasteiger partial charge in [0.15, 0.2) is 0 Å². The highest BCUT2D eigenvalue weighted by molar-refractivity contribution is 6.21. The standard InChI is InChI=1S/C23H33N3O3/c1-22(2)14-16(15-23(3,4)25-22)24-19(27)12-6-5-9-13-26-20(28)17-10-7-8-11-18(17)21(26)29/h7-8,10-11,16,25H,5-6,9,12-15H2,1-4H3,(H,24,27). The predicted octanol–water partition coefficient (Wildman–Crippen LogP) is 3.27. The molecule has 0 radical (unpaired) electrons. The molecule has 2 aliphatic heterocycles. The first-order chi connectivity index (χ1) is 13.6. The Morgan fingerprint density at radius 3 is 2.10 bits per heavy atom. The van der Waals surface area contributed by atoms with Crippen molar-refractivity contribution in [3.8, 4) is 0 Å². The molecule has 3 rings (SSSR count). The topological polar surface area (TPSA) is 78.5 Å². The van der Waals surface area contributed by atoms with Crippen LogP contribution in [0, 0.1) is 0 Å². The molecule has 0 aromatic heterocycles. The van der Waals surface area contributed by atoms with Gasteiger partial charge in [0.2, 0.25) is 5.91 Å². The molecule has 6 heteroatoms. The summed E-state index contributed by atoms with van der Waals surface area (Å²) in [5.41, 5.74) is 0.993. The molecule has 2 heterocycles. The van der Waals surface area contributed by atoms with E-state index >= 15 is 0 Å². The van der Waals surface area contributed by atoms with Crippen LogP contribution in [0.25, 0.3) is 0 Å². The molecule has 2 N–H and O–H groups in total. The first-order valence-corrected chi connectivity index (χ1v) is 10.6. The van der Waals surface area contributed by atoms with E-state index in [2.05, 4.69) is 38.3 Å². The normalized spacial score (nSPS) is 20.6. The highest BCUT2D eigenvalue weighted by atomic mass is 16.2. The number of amides is 3. The molecule has 0 spiro atoms. The molecular weight excluding hydrogens is 366 g/mol. The van der Waals surface area contributed by atoms with Gasteiger partial charge in [-0.15, -0.1) is 0 Å². The van der Waals surface area contributed by atoms with Crippen LogP contribution >= 0.6 is 0 Å². The lowest BCUT2D eigenvalue weighted by Gasteiger charge is -2.46. The third-order valence-electron chi connectivity index (χ3n) is 5.72. The van der Waals surface area contributed by atoms with E-state index in [0.29, 0.717) is 30.5 Å². The van der Waals surface area contributed by atoms with Gasteiger partial charge < -0.3 is 10.6 Å². The molecule has 0 saturated carbocycles. The van der Waals surface area contributed by atoms with Gasteiger partial charge in [-0.1, -0.05) is 18.6 Å². The zero-order chi connectivity index (χ0) is 21.2. The Balaban J connectivity index is 1.38. The molecule has 1 fully saturated rings. The third-order valence-corrected chi connectivity index (χ3v) is 5.72. The molecule has 1 aromatic carbocycles. The van der Waals surface area contributed by atoms with Crippen LogP contribution in [0.3, 0.4) is 0 Å². The highest BCUT2D eigenvalue weighted by Crippen LogP contribution is 2.28. The number of piperidine rings is 1. The fourth-order valence-electron chi connectivity index (χ4n) is 4.90. The van der Waals surface area contributed by atoms with E-state index in [-0.39, 0.29) is 34.8 Å². The summed E-state index contributed by atoms with van der Waals surface area (Å²) in [6.45, 7) is 9.10. The summed E-state index contributed by atoms with van der Waals surface area (Å²) >= 11 is 0. The van der Waals surface area contributed by atoms with E-state index in [1.807, 2.05) is 0 Å². The summed E-state index contributed by atoms with van der Waals surface area (Å²) < 4.78 is 0. The average Bonchev–Trinajstić information content (AvgIpc) is 2.83. The number of rotatable bonds is 7. The van der Waals surface area contributed by atoms with Crippen molar-refractivity contribution >= 4 is 17.7 Å². The Morgan fingerprint density at radius 2 is 1.55 bits per heavy atom.